The highest BCUT2D eigenvalue weighted by Gasteiger charge is 2.24. The molecule has 0 N–H and O–H groups in total. The van der Waals surface area contributed by atoms with Crippen molar-refractivity contribution in [2.24, 2.45) is 0 Å². The zero-order chi connectivity index (χ0) is 78.6. The summed E-state index contributed by atoms with van der Waals surface area (Å²) in [6, 6.07) is 158. The summed E-state index contributed by atoms with van der Waals surface area (Å²) in [5, 5.41) is 22.1. The van der Waals surface area contributed by atoms with E-state index in [2.05, 4.69) is 447 Å². The van der Waals surface area contributed by atoms with Gasteiger partial charge in [-0.3, -0.25) is 0 Å². The maximum atomic E-state index is 6.45. The fraction of sp³-hybridized carbons (Fsp3) is 0. The van der Waals surface area contributed by atoms with E-state index >= 15 is 0 Å². The van der Waals surface area contributed by atoms with Gasteiger partial charge in [0.2, 0.25) is 0 Å². The molecule has 120 heavy (non-hydrogen) atoms. The second kappa shape index (κ2) is 26.8. The lowest BCUT2D eigenvalue weighted by atomic mass is 10.00. The van der Waals surface area contributed by atoms with E-state index in [4.69, 9.17) is 4.42 Å². The quantitative estimate of drug-likeness (QED) is 0.142. The van der Waals surface area contributed by atoms with Crippen LogP contribution >= 0.6 is 0 Å². The van der Waals surface area contributed by atoms with Crippen LogP contribution in [0.15, 0.2) is 435 Å². The third kappa shape index (κ3) is 10.7. The van der Waals surface area contributed by atoms with Crippen LogP contribution in [-0.4, -0.2) is 22.8 Å². The van der Waals surface area contributed by atoms with Gasteiger partial charge in [-0.05, 0) is 228 Å². The number of furan rings is 1. The third-order valence-corrected chi connectivity index (χ3v) is 25.2. The number of hydrogen-bond donors (Lipinski definition) is 0. The second-order valence-corrected chi connectivity index (χ2v) is 31.9. The Hall–Kier alpha value is -16.0. The summed E-state index contributed by atoms with van der Waals surface area (Å²) in [5.74, 6) is 0. The minimum Gasteiger partial charge on any atom is -0.456 e. The van der Waals surface area contributed by atoms with Crippen LogP contribution in [0.25, 0.3) is 236 Å². The molecule has 6 nitrogen and oxygen atoms in total. The molecule has 6 heteroatoms. The van der Waals surface area contributed by atoms with Crippen LogP contribution in [0.5, 0.6) is 0 Å². The van der Waals surface area contributed by atoms with Gasteiger partial charge >= 0.3 is 0 Å². The van der Waals surface area contributed by atoms with E-state index in [1.54, 1.807) is 0 Å². The normalized spacial score (nSPS) is 12.0. The fourth-order valence-electron chi connectivity index (χ4n) is 19.6. The van der Waals surface area contributed by atoms with Crippen molar-refractivity contribution in [1.82, 2.24) is 22.8 Å². The van der Waals surface area contributed by atoms with Crippen LogP contribution < -0.4 is 0 Å². The smallest absolute Gasteiger partial charge is 0.137 e. The first-order chi connectivity index (χ1) is 59.5. The molecule has 0 unspecified atom stereocenters. The van der Waals surface area contributed by atoms with Gasteiger partial charge < -0.3 is 27.3 Å². The molecule has 0 fully saturated rings. The minimum absolute atomic E-state index is 0.894. The maximum absolute atomic E-state index is 6.45. The monoisotopic (exact) mass is 1530 g/mol. The molecule has 0 aliphatic heterocycles. The first-order valence-electron chi connectivity index (χ1n) is 41.2. The summed E-state index contributed by atoms with van der Waals surface area (Å²) >= 11 is 0. The fourth-order valence-corrected chi connectivity index (χ4v) is 19.6. The first kappa shape index (κ1) is 67.3. The molecule has 20 aromatic carbocycles. The molecule has 26 aromatic rings. The van der Waals surface area contributed by atoms with Gasteiger partial charge in [0, 0.05) is 99.1 Å². The molecule has 0 saturated heterocycles. The molecule has 558 valence electrons. The topological polar surface area (TPSA) is 37.8 Å². The van der Waals surface area contributed by atoms with Crippen LogP contribution in [0.3, 0.4) is 0 Å². The van der Waals surface area contributed by atoms with Crippen molar-refractivity contribution in [3.63, 3.8) is 0 Å². The average Bonchev–Trinajstić information content (AvgIpc) is 1.57. The van der Waals surface area contributed by atoms with E-state index in [0.717, 1.165) is 50.0 Å². The molecule has 0 aliphatic carbocycles. The number of benzene rings is 20. The molecular weight excluding hydrogens is 1460 g/mol. The van der Waals surface area contributed by atoms with E-state index in [1.165, 1.54) is 186 Å². The van der Waals surface area contributed by atoms with Crippen molar-refractivity contribution in [2.75, 3.05) is 0 Å². The minimum atomic E-state index is 0.894. The zero-order valence-electron chi connectivity index (χ0n) is 65.1. The summed E-state index contributed by atoms with van der Waals surface area (Å²) in [5.41, 5.74) is 28.9. The standard InChI is InChI=1S/C62H39N3.C52H32N2O/c1-2-13-40(14-3-1)45-19-12-20-48(33-45)64-60-32-28-47(46-27-31-59-53(36-46)51-21-8-10-23-57(51)63(59)49-29-25-41-15-4-6-17-43(41)34-49)37-54(60)56-38-55-52-22-9-11-24-58(52)65(61(55)39-62(56)64)50-30-26-42-16-5-7-18-44(42)35-50;1-2-11-33(12-3-1)36-15-10-16-39(27-36)54-49-26-23-38(30-44(49)45-31-46-42-18-7-9-20-51(42)55-52(46)32-50(45)54)37-22-25-48-43(29-37)41-17-6-8-19-47(41)53(48)40-24-21-34-13-4-5-14-35(34)28-40/h1-39H;1-32H. The average molecular weight is 1530 g/mol. The van der Waals surface area contributed by atoms with E-state index < -0.39 is 0 Å². The molecule has 0 atom stereocenters. The number of aromatic nitrogens is 5. The molecule has 0 amide bonds. The van der Waals surface area contributed by atoms with Crippen molar-refractivity contribution in [2.45, 2.75) is 0 Å². The summed E-state index contributed by atoms with van der Waals surface area (Å²) in [6.07, 6.45) is 0. The lowest BCUT2D eigenvalue weighted by Gasteiger charge is -2.12. The SMILES string of the molecule is c1ccc(-c2cccc(-n3c4ccc(-c5ccc6c(c5)c5ccccc5n6-c5ccc6ccccc6c5)cc4c4cc5c(cc43)oc3ccccc35)c2)cc1.c1ccc(-c2cccc(-n3c4ccc(-c5ccc6c(c5)c5ccccc5n6-c5ccc6ccccc6c5)cc4c4cc5c6ccccc6n(-c6ccc7ccccc7c6)c5cc43)c2)cc1. The maximum Gasteiger partial charge on any atom is 0.137 e. The summed E-state index contributed by atoms with van der Waals surface area (Å²) in [7, 11) is 0. The van der Waals surface area contributed by atoms with Gasteiger partial charge in [-0.1, -0.05) is 273 Å². The number of nitrogens with zero attached hydrogens (tertiary/aromatic N) is 5. The number of para-hydroxylation sites is 4. The van der Waals surface area contributed by atoms with Gasteiger partial charge in [0.15, 0.2) is 0 Å². The highest BCUT2D eigenvalue weighted by atomic mass is 16.3. The van der Waals surface area contributed by atoms with E-state index in [1.807, 2.05) is 6.07 Å². The van der Waals surface area contributed by atoms with Gasteiger partial charge in [0.1, 0.15) is 11.2 Å². The van der Waals surface area contributed by atoms with Crippen molar-refractivity contribution < 1.29 is 4.42 Å². The highest BCUT2D eigenvalue weighted by Crippen LogP contribution is 2.46. The van der Waals surface area contributed by atoms with Crippen LogP contribution in [0.2, 0.25) is 0 Å². The van der Waals surface area contributed by atoms with E-state index in [0.29, 0.717) is 0 Å². The molecule has 0 saturated carbocycles. The molecule has 6 heterocycles. The molecule has 0 bridgehead atoms. The van der Waals surface area contributed by atoms with E-state index in [9.17, 15) is 0 Å². The molecule has 0 aliphatic rings. The number of rotatable bonds is 9. The van der Waals surface area contributed by atoms with Gasteiger partial charge in [-0.2, -0.15) is 0 Å². The Balaban J connectivity index is 0.000000135. The molecular formula is C114H71N5O. The predicted molar refractivity (Wildman–Crippen MR) is 506 cm³/mol. The Labute approximate surface area is 689 Å². The van der Waals surface area contributed by atoms with Crippen LogP contribution in [0.4, 0.5) is 0 Å². The van der Waals surface area contributed by atoms with Gasteiger partial charge in [-0.15, -0.1) is 0 Å². The molecule has 26 rings (SSSR count). The Kier molecular flexibility index (Phi) is 15.0. The molecule has 0 radical (unpaired) electrons. The van der Waals surface area contributed by atoms with Crippen LogP contribution in [0, 0.1) is 0 Å². The van der Waals surface area contributed by atoms with E-state index in [-0.39, 0.29) is 0 Å². The first-order valence-corrected chi connectivity index (χ1v) is 41.2. The second-order valence-electron chi connectivity index (χ2n) is 31.9. The van der Waals surface area contributed by atoms with Crippen LogP contribution in [-0.2, 0) is 0 Å². The lowest BCUT2D eigenvalue weighted by molar-refractivity contribution is 0.669. The number of fused-ring (bicyclic) bond motifs is 21. The number of hydrogen-bond acceptors (Lipinski definition) is 1. The van der Waals surface area contributed by atoms with Crippen molar-refractivity contribution >= 4 is 163 Å². The van der Waals surface area contributed by atoms with Gasteiger partial charge in [0.05, 0.1) is 55.2 Å². The summed E-state index contributed by atoms with van der Waals surface area (Å²) in [4.78, 5) is 0. The van der Waals surface area contributed by atoms with Crippen molar-refractivity contribution in [3.8, 4) is 72.9 Å². The van der Waals surface area contributed by atoms with Gasteiger partial charge in [0.25, 0.3) is 0 Å². The largest absolute Gasteiger partial charge is 0.456 e. The molecule has 6 aromatic heterocycles. The summed E-state index contributed by atoms with van der Waals surface area (Å²) < 4.78 is 18.6. The summed E-state index contributed by atoms with van der Waals surface area (Å²) in [6.45, 7) is 0. The van der Waals surface area contributed by atoms with Crippen molar-refractivity contribution in [3.05, 3.63) is 431 Å². The van der Waals surface area contributed by atoms with Gasteiger partial charge in [-0.25, -0.2) is 0 Å². The molecule has 0 spiro atoms. The van der Waals surface area contributed by atoms with Crippen molar-refractivity contribution in [1.29, 1.82) is 0 Å². The van der Waals surface area contributed by atoms with Crippen LogP contribution in [0.1, 0.15) is 0 Å². The Morgan fingerprint density at radius 2 is 0.408 bits per heavy atom. The lowest BCUT2D eigenvalue weighted by Crippen LogP contribution is -1.96. The Morgan fingerprint density at radius 3 is 0.825 bits per heavy atom. The zero-order valence-corrected chi connectivity index (χ0v) is 65.1. The highest BCUT2D eigenvalue weighted by molar-refractivity contribution is 6.22. The Morgan fingerprint density at radius 1 is 0.125 bits per heavy atom. The third-order valence-electron chi connectivity index (χ3n) is 25.2. The Bertz CT molecular complexity index is 8740. The predicted octanol–water partition coefficient (Wildman–Crippen LogP) is 30.9.